The summed E-state index contributed by atoms with van der Waals surface area (Å²) in [6.07, 6.45) is 1.88. The molecule has 3 aromatic carbocycles. The molecule has 1 atom stereocenters. The summed E-state index contributed by atoms with van der Waals surface area (Å²) in [5.74, 6) is -1.35. The van der Waals surface area contributed by atoms with E-state index >= 15 is 0 Å². The van der Waals surface area contributed by atoms with E-state index in [1.807, 2.05) is 30.5 Å². The predicted molar refractivity (Wildman–Crippen MR) is 152 cm³/mol. The second-order valence-electron chi connectivity index (χ2n) is 9.19. The molecule has 4 aromatic rings. The minimum Gasteiger partial charge on any atom is -0.361 e. The summed E-state index contributed by atoms with van der Waals surface area (Å²) in [4.78, 5) is 42.2. The van der Waals surface area contributed by atoms with Gasteiger partial charge in [-0.2, -0.15) is 4.31 Å². The number of aromatic amines is 1. The molecular weight excluding hydrogens is 584 g/mol. The van der Waals surface area contributed by atoms with Gasteiger partial charge in [-0.05, 0) is 66.6 Å². The van der Waals surface area contributed by atoms with Crippen LogP contribution in [0.5, 0.6) is 0 Å². The highest BCUT2D eigenvalue weighted by Gasteiger charge is 2.46. The molecule has 1 unspecified atom stereocenters. The van der Waals surface area contributed by atoms with Gasteiger partial charge in [-0.3, -0.25) is 14.4 Å². The van der Waals surface area contributed by atoms with Crippen LogP contribution in [0.1, 0.15) is 18.9 Å². The van der Waals surface area contributed by atoms with Crippen molar-refractivity contribution in [2.75, 3.05) is 16.8 Å². The van der Waals surface area contributed by atoms with Gasteiger partial charge in [0.15, 0.2) is 0 Å². The molecule has 5 rings (SSSR count). The molecule has 2 N–H and O–H groups in total. The molecule has 2 heterocycles. The molecule has 39 heavy (non-hydrogen) atoms. The molecule has 0 bridgehead atoms. The summed E-state index contributed by atoms with van der Waals surface area (Å²) in [5, 5.41) is 3.57. The number of rotatable bonds is 8. The maximum absolute atomic E-state index is 14.0. The molecular formula is C28H25BrN4O5S. The molecule has 0 radical (unpaired) electrons. The van der Waals surface area contributed by atoms with Gasteiger partial charge in [0.25, 0.3) is 5.91 Å². The van der Waals surface area contributed by atoms with Crippen molar-refractivity contribution in [1.82, 2.24) is 9.29 Å². The van der Waals surface area contributed by atoms with E-state index in [4.69, 9.17) is 0 Å². The highest BCUT2D eigenvalue weighted by atomic mass is 79.9. The summed E-state index contributed by atoms with van der Waals surface area (Å²) in [5.41, 5.74) is 2.64. The molecule has 0 spiro atoms. The molecule has 9 nitrogen and oxygen atoms in total. The molecule has 1 aromatic heterocycles. The normalized spacial score (nSPS) is 15.9. The molecule has 200 valence electrons. The van der Waals surface area contributed by atoms with E-state index in [0.29, 0.717) is 17.8 Å². The van der Waals surface area contributed by atoms with Crippen LogP contribution in [0.4, 0.5) is 11.4 Å². The summed E-state index contributed by atoms with van der Waals surface area (Å²) in [6.45, 7) is 1.34. The zero-order valence-corrected chi connectivity index (χ0v) is 23.3. The van der Waals surface area contributed by atoms with Crippen LogP contribution < -0.4 is 10.2 Å². The zero-order valence-electron chi connectivity index (χ0n) is 20.9. The fourth-order valence-electron chi connectivity index (χ4n) is 4.76. The number of nitrogens with zero attached hydrogens (tertiary/aromatic N) is 2. The predicted octanol–water partition coefficient (Wildman–Crippen LogP) is 4.45. The van der Waals surface area contributed by atoms with Gasteiger partial charge >= 0.3 is 0 Å². The molecule has 1 fully saturated rings. The van der Waals surface area contributed by atoms with Gasteiger partial charge in [-0.1, -0.05) is 34.1 Å². The number of carbonyl (C=O) groups excluding carboxylic acids is 3. The van der Waals surface area contributed by atoms with Crippen molar-refractivity contribution in [3.8, 4) is 0 Å². The van der Waals surface area contributed by atoms with Gasteiger partial charge < -0.3 is 10.3 Å². The highest BCUT2D eigenvalue weighted by molar-refractivity contribution is 9.10. The van der Waals surface area contributed by atoms with Crippen molar-refractivity contribution in [1.29, 1.82) is 0 Å². The van der Waals surface area contributed by atoms with Gasteiger partial charge in [-0.25, -0.2) is 13.3 Å². The number of benzene rings is 3. The van der Waals surface area contributed by atoms with E-state index in [1.165, 1.54) is 31.2 Å². The average molecular weight is 610 g/mol. The minimum atomic E-state index is -4.20. The molecule has 3 amide bonds. The van der Waals surface area contributed by atoms with Crippen LogP contribution in [-0.4, -0.2) is 48.0 Å². The van der Waals surface area contributed by atoms with Crippen molar-refractivity contribution in [2.24, 2.45) is 0 Å². The van der Waals surface area contributed by atoms with E-state index in [-0.39, 0.29) is 23.8 Å². The number of halogens is 1. The summed E-state index contributed by atoms with van der Waals surface area (Å²) in [6, 6.07) is 18.9. The number of anilines is 2. The number of para-hydroxylation sites is 1. The topological polar surface area (TPSA) is 120 Å². The van der Waals surface area contributed by atoms with Crippen LogP contribution in [-0.2, 0) is 30.8 Å². The molecule has 1 aliphatic heterocycles. The van der Waals surface area contributed by atoms with Gasteiger partial charge in [0, 0.05) is 40.7 Å². The standard InChI is InChI=1S/C28H25BrN4O5S/c1-18(34)31-21-8-12-23(13-9-21)39(37,38)32(15-14-19-17-30-25-5-3-2-4-24(19)25)26-16-27(35)33(28(26)36)22-10-6-20(29)7-11-22/h2-13,17,26,30H,14-16H2,1H3,(H,31,34). The quantitative estimate of drug-likeness (QED) is 0.286. The molecule has 11 heteroatoms. The van der Waals surface area contributed by atoms with E-state index < -0.39 is 27.9 Å². The lowest BCUT2D eigenvalue weighted by Crippen LogP contribution is -2.46. The maximum Gasteiger partial charge on any atom is 0.252 e. The number of H-pyrrole nitrogens is 1. The van der Waals surface area contributed by atoms with Crippen LogP contribution in [0, 0.1) is 0 Å². The fourth-order valence-corrected chi connectivity index (χ4v) is 6.61. The minimum absolute atomic E-state index is 0.0184. The number of aromatic nitrogens is 1. The Morgan fingerprint density at radius 2 is 1.74 bits per heavy atom. The highest BCUT2D eigenvalue weighted by Crippen LogP contribution is 2.31. The lowest BCUT2D eigenvalue weighted by molar-refractivity contribution is -0.122. The summed E-state index contributed by atoms with van der Waals surface area (Å²) in [7, 11) is -4.20. The van der Waals surface area contributed by atoms with Crippen LogP contribution in [0.15, 0.2) is 88.4 Å². The first-order valence-corrected chi connectivity index (χ1v) is 14.5. The number of hydrogen-bond donors (Lipinski definition) is 2. The fraction of sp³-hybridized carbons (Fsp3) is 0.179. The van der Waals surface area contributed by atoms with Crippen LogP contribution in [0.3, 0.4) is 0 Å². The smallest absolute Gasteiger partial charge is 0.252 e. The Labute approximate surface area is 234 Å². The second-order valence-corrected chi connectivity index (χ2v) is 12.0. The third-order valence-corrected chi connectivity index (χ3v) is 9.06. The number of hydrogen-bond acceptors (Lipinski definition) is 5. The Morgan fingerprint density at radius 3 is 2.44 bits per heavy atom. The Balaban J connectivity index is 1.49. The molecule has 1 saturated heterocycles. The lowest BCUT2D eigenvalue weighted by atomic mass is 10.1. The monoisotopic (exact) mass is 608 g/mol. The third-order valence-electron chi connectivity index (χ3n) is 6.61. The summed E-state index contributed by atoms with van der Waals surface area (Å²) >= 11 is 3.34. The van der Waals surface area contributed by atoms with E-state index in [0.717, 1.165) is 30.1 Å². The van der Waals surface area contributed by atoms with Gasteiger partial charge in [-0.15, -0.1) is 0 Å². The van der Waals surface area contributed by atoms with Crippen molar-refractivity contribution < 1.29 is 22.8 Å². The molecule has 0 aliphatic carbocycles. The Hall–Kier alpha value is -3.80. The van der Waals surface area contributed by atoms with Gasteiger partial charge in [0.2, 0.25) is 21.8 Å². The number of carbonyl (C=O) groups is 3. The Bertz CT molecular complexity index is 1670. The zero-order chi connectivity index (χ0) is 27.7. The number of fused-ring (bicyclic) bond motifs is 1. The van der Waals surface area contributed by atoms with E-state index in [2.05, 4.69) is 26.2 Å². The van der Waals surface area contributed by atoms with Crippen molar-refractivity contribution in [3.63, 3.8) is 0 Å². The Kier molecular flexibility index (Phi) is 7.39. The van der Waals surface area contributed by atoms with Crippen molar-refractivity contribution >= 4 is 66.0 Å². The molecule has 1 aliphatic rings. The summed E-state index contributed by atoms with van der Waals surface area (Å²) < 4.78 is 29.8. The van der Waals surface area contributed by atoms with E-state index in [1.54, 1.807) is 24.3 Å². The van der Waals surface area contributed by atoms with Gasteiger partial charge in [0.1, 0.15) is 6.04 Å². The average Bonchev–Trinajstić information content (AvgIpc) is 3.45. The van der Waals surface area contributed by atoms with Crippen molar-refractivity contribution in [2.45, 2.75) is 30.7 Å². The Morgan fingerprint density at radius 1 is 1.05 bits per heavy atom. The number of imide groups is 1. The number of amides is 3. The van der Waals surface area contributed by atoms with Crippen molar-refractivity contribution in [3.05, 3.63) is 89.0 Å². The van der Waals surface area contributed by atoms with Gasteiger partial charge in [0.05, 0.1) is 17.0 Å². The maximum atomic E-state index is 14.0. The third kappa shape index (κ3) is 5.38. The first kappa shape index (κ1) is 26.8. The lowest BCUT2D eigenvalue weighted by Gasteiger charge is -2.27. The van der Waals surface area contributed by atoms with Crippen LogP contribution in [0.2, 0.25) is 0 Å². The van der Waals surface area contributed by atoms with Crippen LogP contribution in [0.25, 0.3) is 10.9 Å². The number of nitrogens with one attached hydrogen (secondary N) is 2. The van der Waals surface area contributed by atoms with Crippen LogP contribution >= 0.6 is 15.9 Å². The second kappa shape index (κ2) is 10.8. The number of sulfonamides is 1. The first-order chi connectivity index (χ1) is 18.6. The largest absolute Gasteiger partial charge is 0.361 e. The van der Waals surface area contributed by atoms with E-state index in [9.17, 15) is 22.8 Å². The SMILES string of the molecule is CC(=O)Nc1ccc(S(=O)(=O)N(CCc2c[nH]c3ccccc23)C2CC(=O)N(c3ccc(Br)cc3)C2=O)cc1. The molecule has 0 saturated carbocycles. The first-order valence-electron chi connectivity index (χ1n) is 12.2.